The van der Waals surface area contributed by atoms with Crippen molar-refractivity contribution in [3.63, 3.8) is 0 Å². The molecule has 9 heteroatoms. The van der Waals surface area contributed by atoms with E-state index in [1.807, 2.05) is 39.8 Å². The summed E-state index contributed by atoms with van der Waals surface area (Å²) in [6, 6.07) is 0.201. The summed E-state index contributed by atoms with van der Waals surface area (Å²) in [6.07, 6.45) is 15.1. The lowest BCUT2D eigenvalue weighted by Gasteiger charge is -2.44. The summed E-state index contributed by atoms with van der Waals surface area (Å²) in [5.41, 5.74) is 0.217. The average Bonchev–Trinajstić information content (AvgIpc) is 2.98. The Bertz CT molecular complexity index is 991. The zero-order valence-electron chi connectivity index (χ0n) is 27.3. The van der Waals surface area contributed by atoms with Gasteiger partial charge in [-0.05, 0) is 59.3 Å². The summed E-state index contributed by atoms with van der Waals surface area (Å²) >= 11 is 0. The second-order valence-electron chi connectivity index (χ2n) is 13.0. The molecule has 43 heavy (non-hydrogen) atoms. The first-order chi connectivity index (χ1) is 20.4. The standard InChI is InChI=1S/C34H56N2O7/c1-22(13-16-29-23(2)19-28(25(4)42-29)36-31(37)18-15-24(3)40-6)14-17-30-33(39)34(5,41-7)21-27(43-30)20-32(38)35-26-11-9-8-10-12-26/h13-15,17-18,23-30,33,39H,8-12,16,19-21H2,1-7H3,(H,35,38)(H,36,37)/b17-14+,18-15-,22-13+/t23?,24?,25?,27-,28?,29?,30?,33-,34?/m1/s1. The smallest absolute Gasteiger partial charge is 0.244 e. The van der Waals surface area contributed by atoms with Gasteiger partial charge in [0.05, 0.1) is 42.5 Å². The lowest BCUT2D eigenvalue weighted by molar-refractivity contribution is -0.207. The molecular weight excluding hydrogens is 548 g/mol. The normalized spacial score (nSPS) is 35.3. The van der Waals surface area contributed by atoms with Gasteiger partial charge < -0.3 is 34.7 Å². The fourth-order valence-corrected chi connectivity index (χ4v) is 6.34. The van der Waals surface area contributed by atoms with Crippen LogP contribution in [0, 0.1) is 5.92 Å². The van der Waals surface area contributed by atoms with Crippen LogP contribution in [0.5, 0.6) is 0 Å². The molecule has 3 aliphatic rings. The Morgan fingerprint density at radius 2 is 1.81 bits per heavy atom. The molecule has 0 bridgehead atoms. The van der Waals surface area contributed by atoms with E-state index in [1.54, 1.807) is 20.3 Å². The maximum absolute atomic E-state index is 12.8. The van der Waals surface area contributed by atoms with Crippen LogP contribution in [0.2, 0.25) is 0 Å². The van der Waals surface area contributed by atoms with Crippen molar-refractivity contribution in [3.05, 3.63) is 36.0 Å². The van der Waals surface area contributed by atoms with Crippen LogP contribution in [0.3, 0.4) is 0 Å². The van der Waals surface area contributed by atoms with Crippen molar-refractivity contribution >= 4 is 11.8 Å². The molecular formula is C34H56N2O7. The molecule has 1 saturated carbocycles. The number of amides is 2. The van der Waals surface area contributed by atoms with E-state index in [1.165, 1.54) is 12.5 Å². The summed E-state index contributed by atoms with van der Waals surface area (Å²) in [5, 5.41) is 17.3. The molecule has 1 aliphatic carbocycles. The Hall–Kier alpha value is -2.04. The summed E-state index contributed by atoms with van der Waals surface area (Å²) in [6.45, 7) is 9.93. The Morgan fingerprint density at radius 1 is 1.09 bits per heavy atom. The predicted octanol–water partition coefficient (Wildman–Crippen LogP) is 4.53. The van der Waals surface area contributed by atoms with Crippen molar-refractivity contribution < 1.29 is 33.6 Å². The third kappa shape index (κ3) is 10.8. The number of carbonyl (C=O) groups excluding carboxylic acids is 2. The maximum atomic E-state index is 12.8. The van der Waals surface area contributed by atoms with Crippen LogP contribution in [-0.2, 0) is 28.5 Å². The minimum absolute atomic E-state index is 0.000315. The molecule has 2 saturated heterocycles. The molecule has 0 aromatic rings. The minimum Gasteiger partial charge on any atom is -0.387 e. The topological polar surface area (TPSA) is 115 Å². The number of aliphatic hydroxyl groups is 1. The van der Waals surface area contributed by atoms with Crippen molar-refractivity contribution in [2.24, 2.45) is 5.92 Å². The number of aliphatic hydroxyl groups excluding tert-OH is 1. The number of nitrogens with one attached hydrogen (secondary N) is 2. The van der Waals surface area contributed by atoms with E-state index in [-0.39, 0.29) is 60.7 Å². The molecule has 2 heterocycles. The summed E-state index contributed by atoms with van der Waals surface area (Å²) in [7, 11) is 3.21. The third-order valence-corrected chi connectivity index (χ3v) is 9.42. The van der Waals surface area contributed by atoms with Gasteiger partial charge in [-0.15, -0.1) is 0 Å². The van der Waals surface area contributed by atoms with Crippen molar-refractivity contribution in [3.8, 4) is 0 Å². The molecule has 0 spiro atoms. The van der Waals surface area contributed by atoms with Crippen LogP contribution in [-0.4, -0.2) is 85.4 Å². The van der Waals surface area contributed by atoms with Crippen LogP contribution >= 0.6 is 0 Å². The molecule has 3 fully saturated rings. The molecule has 3 N–H and O–H groups in total. The van der Waals surface area contributed by atoms with E-state index in [9.17, 15) is 14.7 Å². The third-order valence-electron chi connectivity index (χ3n) is 9.42. The quantitative estimate of drug-likeness (QED) is 0.222. The van der Waals surface area contributed by atoms with E-state index >= 15 is 0 Å². The van der Waals surface area contributed by atoms with E-state index in [0.29, 0.717) is 6.42 Å². The van der Waals surface area contributed by atoms with Gasteiger partial charge in [-0.25, -0.2) is 0 Å². The summed E-state index contributed by atoms with van der Waals surface area (Å²) in [4.78, 5) is 25.1. The fourth-order valence-electron chi connectivity index (χ4n) is 6.34. The van der Waals surface area contributed by atoms with E-state index in [0.717, 1.165) is 44.1 Å². The van der Waals surface area contributed by atoms with Gasteiger partial charge in [-0.2, -0.15) is 0 Å². The Balaban J connectivity index is 1.54. The Morgan fingerprint density at radius 3 is 2.49 bits per heavy atom. The highest BCUT2D eigenvalue weighted by Crippen LogP contribution is 2.34. The minimum atomic E-state index is -0.860. The highest BCUT2D eigenvalue weighted by Gasteiger charge is 2.46. The number of rotatable bonds is 12. The highest BCUT2D eigenvalue weighted by atomic mass is 16.5. The molecule has 244 valence electrons. The molecule has 2 amide bonds. The van der Waals surface area contributed by atoms with Crippen LogP contribution in [0.4, 0.5) is 0 Å². The van der Waals surface area contributed by atoms with Gasteiger partial charge in [0.25, 0.3) is 0 Å². The maximum Gasteiger partial charge on any atom is 0.244 e. The average molecular weight is 605 g/mol. The van der Waals surface area contributed by atoms with Crippen molar-refractivity contribution in [2.45, 2.75) is 147 Å². The monoisotopic (exact) mass is 604 g/mol. The predicted molar refractivity (Wildman–Crippen MR) is 168 cm³/mol. The largest absolute Gasteiger partial charge is 0.387 e. The van der Waals surface area contributed by atoms with Gasteiger partial charge >= 0.3 is 0 Å². The van der Waals surface area contributed by atoms with E-state index in [4.69, 9.17) is 18.9 Å². The molecule has 2 aliphatic heterocycles. The summed E-state index contributed by atoms with van der Waals surface area (Å²) in [5.74, 6) is 0.128. The molecule has 0 aromatic heterocycles. The lowest BCUT2D eigenvalue weighted by Crippen LogP contribution is -2.56. The number of ether oxygens (including phenoxy) is 4. The van der Waals surface area contributed by atoms with Crippen LogP contribution < -0.4 is 10.6 Å². The first kappa shape index (κ1) is 35.4. The molecule has 9 atom stereocenters. The fraction of sp³-hybridized carbons (Fsp3) is 0.765. The van der Waals surface area contributed by atoms with Gasteiger partial charge in [0.15, 0.2) is 0 Å². The van der Waals surface area contributed by atoms with Crippen LogP contribution in [0.25, 0.3) is 0 Å². The van der Waals surface area contributed by atoms with E-state index in [2.05, 4.69) is 23.6 Å². The van der Waals surface area contributed by atoms with Gasteiger partial charge in [0, 0.05) is 32.8 Å². The number of allylic oxidation sites excluding steroid dienone is 2. The zero-order chi connectivity index (χ0) is 31.6. The number of carbonyl (C=O) groups is 2. The Labute approximate surface area is 258 Å². The number of hydrogen-bond acceptors (Lipinski definition) is 7. The molecule has 3 rings (SSSR count). The van der Waals surface area contributed by atoms with E-state index < -0.39 is 17.8 Å². The molecule has 7 unspecified atom stereocenters. The molecule has 0 radical (unpaired) electrons. The lowest BCUT2D eigenvalue weighted by atomic mass is 9.84. The first-order valence-electron chi connectivity index (χ1n) is 16.1. The van der Waals surface area contributed by atoms with Gasteiger partial charge in [-0.3, -0.25) is 9.59 Å². The SMILES string of the molecule is COC(C)/C=C\C(=O)NC1CC(C)C(C/C=C(C)/C=C/C2O[C@H](CC(=O)NC3CCCCC3)CC(C)(OC)[C@@H]2O)OC1C. The van der Waals surface area contributed by atoms with Crippen molar-refractivity contribution in [1.29, 1.82) is 0 Å². The molecule has 0 aromatic carbocycles. The van der Waals surface area contributed by atoms with Gasteiger partial charge in [0.1, 0.15) is 12.2 Å². The summed E-state index contributed by atoms with van der Waals surface area (Å²) < 4.78 is 23.5. The van der Waals surface area contributed by atoms with Crippen molar-refractivity contribution in [1.82, 2.24) is 10.6 Å². The number of hydrogen-bond donors (Lipinski definition) is 3. The number of methoxy groups -OCH3 is 2. The van der Waals surface area contributed by atoms with Crippen LogP contribution in [0.1, 0.15) is 92.4 Å². The second kappa shape index (κ2) is 16.9. The highest BCUT2D eigenvalue weighted by molar-refractivity contribution is 5.87. The van der Waals surface area contributed by atoms with Crippen molar-refractivity contribution in [2.75, 3.05) is 14.2 Å². The zero-order valence-corrected chi connectivity index (χ0v) is 27.3. The Kier molecular flexibility index (Phi) is 13.9. The second-order valence-corrected chi connectivity index (χ2v) is 13.0. The van der Waals surface area contributed by atoms with Gasteiger partial charge in [-0.1, -0.05) is 56.1 Å². The van der Waals surface area contributed by atoms with Gasteiger partial charge in [0.2, 0.25) is 11.8 Å². The molecule has 9 nitrogen and oxygen atoms in total. The first-order valence-corrected chi connectivity index (χ1v) is 16.1. The van der Waals surface area contributed by atoms with Crippen LogP contribution in [0.15, 0.2) is 36.0 Å².